The molecule has 18 heavy (non-hydrogen) atoms. The molecule has 2 heteroatoms. The second-order valence-corrected chi connectivity index (χ2v) is 5.74. The number of hydrogen-bond acceptors (Lipinski definition) is 1. The van der Waals surface area contributed by atoms with Gasteiger partial charge in [0.2, 0.25) is 0 Å². The SMILES string of the molecule is CCNCC1(Cc2cc(F)ccc2C)CCCC1. The lowest BCUT2D eigenvalue weighted by molar-refractivity contribution is 0.279. The van der Waals surface area contributed by atoms with Crippen LogP contribution in [0.5, 0.6) is 0 Å². The first-order valence-electron chi connectivity index (χ1n) is 7.11. The summed E-state index contributed by atoms with van der Waals surface area (Å²) in [5.74, 6) is -0.104. The third-order valence-corrected chi connectivity index (χ3v) is 4.29. The maximum Gasteiger partial charge on any atom is 0.123 e. The van der Waals surface area contributed by atoms with Crippen LogP contribution in [0.25, 0.3) is 0 Å². The van der Waals surface area contributed by atoms with E-state index in [1.807, 2.05) is 6.07 Å². The van der Waals surface area contributed by atoms with Gasteiger partial charge in [-0.15, -0.1) is 0 Å². The first-order valence-corrected chi connectivity index (χ1v) is 7.11. The Kier molecular flexibility index (Phi) is 4.39. The Balaban J connectivity index is 2.15. The van der Waals surface area contributed by atoms with Crippen molar-refractivity contribution in [2.45, 2.75) is 46.0 Å². The summed E-state index contributed by atoms with van der Waals surface area (Å²) >= 11 is 0. The molecular formula is C16H24FN. The van der Waals surface area contributed by atoms with Crippen LogP contribution < -0.4 is 5.32 Å². The van der Waals surface area contributed by atoms with Gasteiger partial charge in [-0.05, 0) is 61.4 Å². The van der Waals surface area contributed by atoms with Gasteiger partial charge in [0.25, 0.3) is 0 Å². The normalized spacial score (nSPS) is 18.2. The number of aryl methyl sites for hydroxylation is 1. The molecule has 100 valence electrons. The summed E-state index contributed by atoms with van der Waals surface area (Å²) in [7, 11) is 0. The van der Waals surface area contributed by atoms with Crippen molar-refractivity contribution in [3.8, 4) is 0 Å². The molecule has 0 amide bonds. The minimum atomic E-state index is -0.104. The second-order valence-electron chi connectivity index (χ2n) is 5.74. The third-order valence-electron chi connectivity index (χ3n) is 4.29. The number of rotatable bonds is 5. The molecule has 0 radical (unpaired) electrons. The van der Waals surface area contributed by atoms with Crippen LogP contribution in [0, 0.1) is 18.2 Å². The van der Waals surface area contributed by atoms with E-state index >= 15 is 0 Å². The molecule has 1 aromatic rings. The van der Waals surface area contributed by atoms with Gasteiger partial charge in [0, 0.05) is 6.54 Å². The molecule has 1 fully saturated rings. The van der Waals surface area contributed by atoms with E-state index in [2.05, 4.69) is 19.2 Å². The molecule has 0 heterocycles. The summed E-state index contributed by atoms with van der Waals surface area (Å²) in [5, 5.41) is 3.49. The Bertz CT molecular complexity index is 394. The van der Waals surface area contributed by atoms with Gasteiger partial charge in [-0.25, -0.2) is 4.39 Å². The zero-order chi connectivity index (χ0) is 13.0. The van der Waals surface area contributed by atoms with Gasteiger partial charge < -0.3 is 5.32 Å². The number of halogens is 1. The highest BCUT2D eigenvalue weighted by Crippen LogP contribution is 2.41. The Morgan fingerprint density at radius 2 is 2.00 bits per heavy atom. The van der Waals surface area contributed by atoms with Crippen LogP contribution in [0.1, 0.15) is 43.7 Å². The van der Waals surface area contributed by atoms with Crippen LogP contribution in [0.4, 0.5) is 4.39 Å². The summed E-state index contributed by atoms with van der Waals surface area (Å²) in [6.07, 6.45) is 6.20. The lowest BCUT2D eigenvalue weighted by Crippen LogP contribution is -2.34. The minimum absolute atomic E-state index is 0.104. The van der Waals surface area contributed by atoms with Gasteiger partial charge in [-0.3, -0.25) is 0 Å². The van der Waals surface area contributed by atoms with Gasteiger partial charge in [0.1, 0.15) is 5.82 Å². The quantitative estimate of drug-likeness (QED) is 0.836. The molecule has 0 spiro atoms. The van der Waals surface area contributed by atoms with Crippen LogP contribution >= 0.6 is 0 Å². The van der Waals surface area contributed by atoms with Crippen LogP contribution in [0.3, 0.4) is 0 Å². The first-order chi connectivity index (χ1) is 8.65. The smallest absolute Gasteiger partial charge is 0.123 e. The minimum Gasteiger partial charge on any atom is -0.316 e. The molecule has 1 nitrogen and oxygen atoms in total. The molecule has 0 saturated heterocycles. The molecule has 0 unspecified atom stereocenters. The van der Waals surface area contributed by atoms with E-state index in [1.165, 1.54) is 36.8 Å². The molecule has 1 aliphatic rings. The Morgan fingerprint density at radius 1 is 1.28 bits per heavy atom. The highest BCUT2D eigenvalue weighted by molar-refractivity contribution is 5.28. The second kappa shape index (κ2) is 5.83. The summed E-state index contributed by atoms with van der Waals surface area (Å²) in [5.41, 5.74) is 2.77. The van der Waals surface area contributed by atoms with Crippen molar-refractivity contribution >= 4 is 0 Å². The van der Waals surface area contributed by atoms with Gasteiger partial charge in [-0.2, -0.15) is 0 Å². The van der Waals surface area contributed by atoms with E-state index in [0.717, 1.165) is 19.5 Å². The molecule has 0 aliphatic heterocycles. The molecule has 0 aromatic heterocycles. The highest BCUT2D eigenvalue weighted by Gasteiger charge is 2.33. The fraction of sp³-hybridized carbons (Fsp3) is 0.625. The standard InChI is InChI=1S/C16H24FN/c1-3-18-12-16(8-4-5-9-16)11-14-10-15(17)7-6-13(14)2/h6-7,10,18H,3-5,8-9,11-12H2,1-2H3. The average molecular weight is 249 g/mol. The third kappa shape index (κ3) is 3.11. The predicted molar refractivity (Wildman–Crippen MR) is 74.3 cm³/mol. The van der Waals surface area contributed by atoms with Gasteiger partial charge >= 0.3 is 0 Å². The molecule has 1 aliphatic carbocycles. The van der Waals surface area contributed by atoms with Crippen molar-refractivity contribution in [1.82, 2.24) is 5.32 Å². The van der Waals surface area contributed by atoms with Crippen molar-refractivity contribution < 1.29 is 4.39 Å². The van der Waals surface area contributed by atoms with Crippen LogP contribution in [0.2, 0.25) is 0 Å². The van der Waals surface area contributed by atoms with Crippen molar-refractivity contribution in [3.05, 3.63) is 35.1 Å². The van der Waals surface area contributed by atoms with Gasteiger partial charge in [0.05, 0.1) is 0 Å². The molecule has 2 rings (SSSR count). The summed E-state index contributed by atoms with van der Waals surface area (Å²) in [6.45, 7) is 6.32. The first kappa shape index (κ1) is 13.5. The molecule has 0 bridgehead atoms. The fourth-order valence-corrected chi connectivity index (χ4v) is 3.17. The zero-order valence-electron chi connectivity index (χ0n) is 11.6. The molecular weight excluding hydrogens is 225 g/mol. The van der Waals surface area contributed by atoms with Gasteiger partial charge in [-0.1, -0.05) is 25.8 Å². The van der Waals surface area contributed by atoms with E-state index in [4.69, 9.17) is 0 Å². The fourth-order valence-electron chi connectivity index (χ4n) is 3.17. The maximum atomic E-state index is 13.4. The molecule has 1 saturated carbocycles. The van der Waals surface area contributed by atoms with Crippen LogP contribution in [-0.4, -0.2) is 13.1 Å². The predicted octanol–water partition coefficient (Wildman–Crippen LogP) is 3.85. The largest absolute Gasteiger partial charge is 0.316 e. The topological polar surface area (TPSA) is 12.0 Å². The lowest BCUT2D eigenvalue weighted by Gasteiger charge is -2.30. The van der Waals surface area contributed by atoms with Crippen molar-refractivity contribution in [2.75, 3.05) is 13.1 Å². The van der Waals surface area contributed by atoms with Gasteiger partial charge in [0.15, 0.2) is 0 Å². The summed E-state index contributed by atoms with van der Waals surface area (Å²) in [6, 6.07) is 5.19. The molecule has 1 N–H and O–H groups in total. The average Bonchev–Trinajstić information content (AvgIpc) is 2.80. The van der Waals surface area contributed by atoms with E-state index < -0.39 is 0 Å². The molecule has 1 aromatic carbocycles. The molecule has 0 atom stereocenters. The highest BCUT2D eigenvalue weighted by atomic mass is 19.1. The summed E-state index contributed by atoms with van der Waals surface area (Å²) in [4.78, 5) is 0. The van der Waals surface area contributed by atoms with Crippen LogP contribution in [-0.2, 0) is 6.42 Å². The number of nitrogens with one attached hydrogen (secondary N) is 1. The lowest BCUT2D eigenvalue weighted by atomic mass is 9.79. The van der Waals surface area contributed by atoms with E-state index in [9.17, 15) is 4.39 Å². The Labute approximate surface area is 110 Å². The van der Waals surface area contributed by atoms with Crippen molar-refractivity contribution in [1.29, 1.82) is 0 Å². The Morgan fingerprint density at radius 3 is 2.67 bits per heavy atom. The summed E-state index contributed by atoms with van der Waals surface area (Å²) < 4.78 is 13.4. The zero-order valence-corrected chi connectivity index (χ0v) is 11.6. The number of hydrogen-bond donors (Lipinski definition) is 1. The monoisotopic (exact) mass is 249 g/mol. The van der Waals surface area contributed by atoms with E-state index in [0.29, 0.717) is 5.41 Å². The van der Waals surface area contributed by atoms with E-state index in [1.54, 1.807) is 12.1 Å². The van der Waals surface area contributed by atoms with Crippen molar-refractivity contribution in [2.24, 2.45) is 5.41 Å². The number of benzene rings is 1. The van der Waals surface area contributed by atoms with Crippen LogP contribution in [0.15, 0.2) is 18.2 Å². The maximum absolute atomic E-state index is 13.4. The van der Waals surface area contributed by atoms with E-state index in [-0.39, 0.29) is 5.82 Å². The Hall–Kier alpha value is -0.890. The van der Waals surface area contributed by atoms with Crippen molar-refractivity contribution in [3.63, 3.8) is 0 Å².